The van der Waals surface area contributed by atoms with Crippen LogP contribution >= 0.6 is 0 Å². The topological polar surface area (TPSA) is 77.2 Å². The van der Waals surface area contributed by atoms with Crippen LogP contribution < -0.4 is 15.8 Å². The van der Waals surface area contributed by atoms with Gasteiger partial charge in [-0.25, -0.2) is 4.98 Å². The van der Waals surface area contributed by atoms with Crippen LogP contribution in [0.5, 0.6) is 5.75 Å². The van der Waals surface area contributed by atoms with Crippen molar-refractivity contribution in [1.29, 1.82) is 0 Å². The van der Waals surface area contributed by atoms with Gasteiger partial charge < -0.3 is 15.8 Å². The standard InChI is InChI=1S/C16H15N3O2/c1-21-13-7-2-5-12(11-13)6-3-9-18-14-8-4-10-19-15(14)16(17)20/h2,4-5,7-8,10-11,18H,9H2,1H3,(H2,17,20). The molecule has 5 nitrogen and oxygen atoms in total. The number of amides is 1. The summed E-state index contributed by atoms with van der Waals surface area (Å²) in [5.41, 5.74) is 6.89. The van der Waals surface area contributed by atoms with Crippen molar-refractivity contribution >= 4 is 11.6 Å². The van der Waals surface area contributed by atoms with E-state index in [9.17, 15) is 4.79 Å². The molecule has 1 amide bonds. The summed E-state index contributed by atoms with van der Waals surface area (Å²) in [6.07, 6.45) is 1.52. The number of benzene rings is 1. The van der Waals surface area contributed by atoms with Gasteiger partial charge in [0.15, 0.2) is 5.69 Å². The Kier molecular flexibility index (Phi) is 4.78. The molecule has 0 saturated heterocycles. The molecule has 0 atom stereocenters. The summed E-state index contributed by atoms with van der Waals surface area (Å²) in [7, 11) is 1.61. The maximum atomic E-state index is 11.2. The first-order valence-corrected chi connectivity index (χ1v) is 6.32. The minimum atomic E-state index is -0.571. The minimum absolute atomic E-state index is 0.209. The van der Waals surface area contributed by atoms with Gasteiger partial charge in [0.2, 0.25) is 0 Å². The SMILES string of the molecule is COc1cccc(C#CCNc2cccnc2C(N)=O)c1. The van der Waals surface area contributed by atoms with Gasteiger partial charge in [-0.1, -0.05) is 17.9 Å². The van der Waals surface area contributed by atoms with Crippen molar-refractivity contribution in [2.24, 2.45) is 5.73 Å². The maximum absolute atomic E-state index is 11.2. The van der Waals surface area contributed by atoms with Gasteiger partial charge >= 0.3 is 0 Å². The van der Waals surface area contributed by atoms with E-state index in [1.807, 2.05) is 24.3 Å². The van der Waals surface area contributed by atoms with Gasteiger partial charge in [0.05, 0.1) is 19.3 Å². The molecule has 1 aromatic heterocycles. The molecule has 106 valence electrons. The van der Waals surface area contributed by atoms with Gasteiger partial charge in [0.1, 0.15) is 5.75 Å². The third kappa shape index (κ3) is 3.98. The quantitative estimate of drug-likeness (QED) is 0.835. The van der Waals surface area contributed by atoms with E-state index >= 15 is 0 Å². The second kappa shape index (κ2) is 6.96. The van der Waals surface area contributed by atoms with Crippen LogP contribution in [0.4, 0.5) is 5.69 Å². The van der Waals surface area contributed by atoms with E-state index in [1.54, 1.807) is 19.2 Å². The number of rotatable bonds is 4. The lowest BCUT2D eigenvalue weighted by molar-refractivity contribution is 0.0996. The number of nitrogens with two attached hydrogens (primary N) is 1. The van der Waals surface area contributed by atoms with Crippen molar-refractivity contribution in [1.82, 2.24) is 4.98 Å². The number of methoxy groups -OCH3 is 1. The van der Waals surface area contributed by atoms with E-state index in [2.05, 4.69) is 22.1 Å². The van der Waals surface area contributed by atoms with Crippen LogP contribution in [0, 0.1) is 11.8 Å². The normalized spacial score (nSPS) is 9.38. The summed E-state index contributed by atoms with van der Waals surface area (Å²) < 4.78 is 5.13. The van der Waals surface area contributed by atoms with Crippen molar-refractivity contribution in [2.75, 3.05) is 19.0 Å². The first-order valence-electron chi connectivity index (χ1n) is 6.32. The number of anilines is 1. The number of aromatic nitrogens is 1. The number of hydrogen-bond donors (Lipinski definition) is 2. The number of carbonyl (C=O) groups excluding carboxylic acids is 1. The van der Waals surface area contributed by atoms with Crippen molar-refractivity contribution in [3.8, 4) is 17.6 Å². The van der Waals surface area contributed by atoms with E-state index < -0.39 is 5.91 Å². The Hall–Kier alpha value is -3.00. The summed E-state index contributed by atoms with van der Waals surface area (Å²) in [5.74, 6) is 6.17. The second-order valence-corrected chi connectivity index (χ2v) is 4.15. The molecule has 0 unspecified atom stereocenters. The van der Waals surface area contributed by atoms with Gasteiger partial charge in [-0.15, -0.1) is 0 Å². The zero-order valence-electron chi connectivity index (χ0n) is 11.6. The fourth-order valence-electron chi connectivity index (χ4n) is 1.73. The summed E-state index contributed by atoms with van der Waals surface area (Å²) >= 11 is 0. The lowest BCUT2D eigenvalue weighted by Crippen LogP contribution is -2.16. The lowest BCUT2D eigenvalue weighted by atomic mass is 10.2. The number of nitrogens with one attached hydrogen (secondary N) is 1. The zero-order chi connectivity index (χ0) is 15.1. The van der Waals surface area contributed by atoms with Crippen LogP contribution in [0.1, 0.15) is 16.1 Å². The Labute approximate surface area is 123 Å². The third-order valence-electron chi connectivity index (χ3n) is 2.71. The van der Waals surface area contributed by atoms with Crippen LogP contribution in [0.2, 0.25) is 0 Å². The molecule has 0 aliphatic rings. The third-order valence-corrected chi connectivity index (χ3v) is 2.71. The van der Waals surface area contributed by atoms with Crippen molar-refractivity contribution < 1.29 is 9.53 Å². The van der Waals surface area contributed by atoms with Crippen molar-refractivity contribution in [3.63, 3.8) is 0 Å². The van der Waals surface area contributed by atoms with E-state index in [0.29, 0.717) is 12.2 Å². The van der Waals surface area contributed by atoms with E-state index in [0.717, 1.165) is 11.3 Å². The van der Waals surface area contributed by atoms with Gasteiger partial charge in [-0.05, 0) is 30.3 Å². The monoisotopic (exact) mass is 281 g/mol. The van der Waals surface area contributed by atoms with E-state index in [4.69, 9.17) is 10.5 Å². The Morgan fingerprint density at radius 2 is 2.24 bits per heavy atom. The van der Waals surface area contributed by atoms with Crippen LogP contribution in [-0.4, -0.2) is 24.5 Å². The molecule has 2 aromatic rings. The maximum Gasteiger partial charge on any atom is 0.269 e. The van der Waals surface area contributed by atoms with E-state index in [1.165, 1.54) is 6.20 Å². The Bertz CT molecular complexity index is 702. The molecule has 0 fully saturated rings. The highest BCUT2D eigenvalue weighted by Crippen LogP contribution is 2.12. The van der Waals surface area contributed by atoms with Gasteiger partial charge in [-0.2, -0.15) is 0 Å². The zero-order valence-corrected chi connectivity index (χ0v) is 11.6. The molecule has 0 saturated carbocycles. The highest BCUT2D eigenvalue weighted by atomic mass is 16.5. The fourth-order valence-corrected chi connectivity index (χ4v) is 1.73. The predicted octanol–water partition coefficient (Wildman–Crippen LogP) is 1.65. The molecule has 0 aliphatic carbocycles. The van der Waals surface area contributed by atoms with Crippen LogP contribution in [0.3, 0.4) is 0 Å². The lowest BCUT2D eigenvalue weighted by Gasteiger charge is -2.05. The summed E-state index contributed by atoms with van der Waals surface area (Å²) in [6.45, 7) is 0.378. The first-order chi connectivity index (χ1) is 10.2. The summed E-state index contributed by atoms with van der Waals surface area (Å²) in [5, 5.41) is 3.03. The highest BCUT2D eigenvalue weighted by molar-refractivity contribution is 5.96. The Balaban J connectivity index is 2.02. The van der Waals surface area contributed by atoms with Crippen molar-refractivity contribution in [2.45, 2.75) is 0 Å². The minimum Gasteiger partial charge on any atom is -0.497 e. The molecular formula is C16H15N3O2. The molecule has 0 aliphatic heterocycles. The molecule has 1 heterocycles. The number of ether oxygens (including phenoxy) is 1. The van der Waals surface area contributed by atoms with Crippen LogP contribution in [0.15, 0.2) is 42.6 Å². The second-order valence-electron chi connectivity index (χ2n) is 4.15. The van der Waals surface area contributed by atoms with Gasteiger partial charge in [0.25, 0.3) is 5.91 Å². The molecule has 21 heavy (non-hydrogen) atoms. The van der Waals surface area contributed by atoms with Crippen LogP contribution in [-0.2, 0) is 0 Å². The molecule has 3 N–H and O–H groups in total. The number of hydrogen-bond acceptors (Lipinski definition) is 4. The summed E-state index contributed by atoms with van der Waals surface area (Å²) in [6, 6.07) is 11.0. The largest absolute Gasteiger partial charge is 0.497 e. The Morgan fingerprint density at radius 3 is 3.00 bits per heavy atom. The number of primary amides is 1. The average Bonchev–Trinajstić information content (AvgIpc) is 2.52. The number of nitrogens with zero attached hydrogens (tertiary/aromatic N) is 1. The van der Waals surface area contributed by atoms with Gasteiger partial charge in [0, 0.05) is 11.8 Å². The molecule has 1 aromatic carbocycles. The van der Waals surface area contributed by atoms with Gasteiger partial charge in [-0.3, -0.25) is 4.79 Å². The molecule has 5 heteroatoms. The predicted molar refractivity (Wildman–Crippen MR) is 81.1 cm³/mol. The highest BCUT2D eigenvalue weighted by Gasteiger charge is 2.07. The Morgan fingerprint density at radius 1 is 1.38 bits per heavy atom. The molecule has 0 bridgehead atoms. The summed E-state index contributed by atoms with van der Waals surface area (Å²) in [4.78, 5) is 15.2. The molecule has 2 rings (SSSR count). The smallest absolute Gasteiger partial charge is 0.269 e. The van der Waals surface area contributed by atoms with Crippen molar-refractivity contribution in [3.05, 3.63) is 53.9 Å². The number of pyridine rings is 1. The fraction of sp³-hybridized carbons (Fsp3) is 0.125. The molecular weight excluding hydrogens is 266 g/mol. The molecule has 0 radical (unpaired) electrons. The first kappa shape index (κ1) is 14.4. The average molecular weight is 281 g/mol. The molecule has 0 spiro atoms. The number of carbonyl (C=O) groups is 1. The van der Waals surface area contributed by atoms with E-state index in [-0.39, 0.29) is 5.69 Å². The van der Waals surface area contributed by atoms with Crippen LogP contribution in [0.25, 0.3) is 0 Å².